The number of phenols is 2. The number of carbonyl (C=O) groups is 1. The molecule has 0 aliphatic rings. The van der Waals surface area contributed by atoms with E-state index in [9.17, 15) is 15.0 Å². The van der Waals surface area contributed by atoms with Gasteiger partial charge in [0.05, 0.1) is 5.56 Å². The minimum Gasteiger partial charge on any atom is -0.508 e. The van der Waals surface area contributed by atoms with Crippen molar-refractivity contribution in [2.45, 2.75) is 26.2 Å². The van der Waals surface area contributed by atoms with E-state index in [-0.39, 0.29) is 29.1 Å². The molecular weight excluding hydrogens is 470 g/mol. The summed E-state index contributed by atoms with van der Waals surface area (Å²) in [5.41, 5.74) is 2.68. The molecular formula is C27H39N7O3. The second-order valence-corrected chi connectivity index (χ2v) is 9.96. The Bertz CT molecular complexity index is 1190. The first kappa shape index (κ1) is 27.9. The van der Waals surface area contributed by atoms with Crippen molar-refractivity contribution in [3.8, 4) is 28.6 Å². The van der Waals surface area contributed by atoms with Crippen LogP contribution in [-0.4, -0.2) is 95.1 Å². The molecule has 10 nitrogen and oxygen atoms in total. The number of aromatic hydroxyl groups is 2. The van der Waals surface area contributed by atoms with Gasteiger partial charge in [-0.25, -0.2) is 0 Å². The van der Waals surface area contributed by atoms with Crippen molar-refractivity contribution in [3.05, 3.63) is 47.8 Å². The number of nitrogens with zero attached hydrogens (tertiary/aromatic N) is 5. The number of likely N-dealkylation sites (N-methyl/N-ethyl adjacent to an activating group) is 1. The number of rotatable bonds is 12. The number of hydrogen-bond acceptors (Lipinski definition) is 8. The summed E-state index contributed by atoms with van der Waals surface area (Å²) >= 11 is 0. The van der Waals surface area contributed by atoms with Crippen LogP contribution < -0.4 is 10.6 Å². The lowest BCUT2D eigenvalue weighted by Gasteiger charge is -2.16. The summed E-state index contributed by atoms with van der Waals surface area (Å²) < 4.78 is 1.64. The zero-order valence-corrected chi connectivity index (χ0v) is 22.6. The number of nitrogens with one attached hydrogen (secondary N) is 2. The van der Waals surface area contributed by atoms with E-state index < -0.39 is 0 Å². The van der Waals surface area contributed by atoms with E-state index in [1.165, 1.54) is 6.07 Å². The van der Waals surface area contributed by atoms with Gasteiger partial charge in [0, 0.05) is 37.1 Å². The molecule has 0 bridgehead atoms. The Morgan fingerprint density at radius 1 is 0.946 bits per heavy atom. The maximum Gasteiger partial charge on any atom is 0.289 e. The van der Waals surface area contributed by atoms with Gasteiger partial charge >= 0.3 is 0 Å². The molecule has 0 radical (unpaired) electrons. The minimum absolute atomic E-state index is 0.00802. The Morgan fingerprint density at radius 2 is 1.62 bits per heavy atom. The van der Waals surface area contributed by atoms with Gasteiger partial charge in [-0.15, -0.1) is 10.2 Å². The average Bonchev–Trinajstić information content (AvgIpc) is 3.26. The van der Waals surface area contributed by atoms with E-state index in [1.54, 1.807) is 10.6 Å². The summed E-state index contributed by atoms with van der Waals surface area (Å²) in [6.07, 6.45) is 1.01. The second kappa shape index (κ2) is 12.6. The van der Waals surface area contributed by atoms with Crippen molar-refractivity contribution in [1.29, 1.82) is 0 Å². The SMILES string of the molecule is CC(C)c1cc(-c2nnc(C(=O)NCCN(C)C)n2-c2ccc(NCCCN(C)C)cc2)c(O)cc1O. The van der Waals surface area contributed by atoms with E-state index in [4.69, 9.17) is 0 Å². The maximum atomic E-state index is 13.1. The van der Waals surface area contributed by atoms with E-state index in [2.05, 4.69) is 39.8 Å². The fourth-order valence-electron chi connectivity index (χ4n) is 3.91. The largest absolute Gasteiger partial charge is 0.508 e. The molecule has 1 amide bonds. The lowest BCUT2D eigenvalue weighted by molar-refractivity contribution is 0.0938. The summed E-state index contributed by atoms with van der Waals surface area (Å²) in [4.78, 5) is 17.2. The van der Waals surface area contributed by atoms with Gasteiger partial charge in [0.25, 0.3) is 5.91 Å². The molecule has 0 aliphatic heterocycles. The van der Waals surface area contributed by atoms with Crippen LogP contribution in [0.5, 0.6) is 11.5 Å². The Balaban J connectivity index is 2.00. The van der Waals surface area contributed by atoms with Gasteiger partial charge in [0.15, 0.2) is 5.82 Å². The van der Waals surface area contributed by atoms with Crippen LogP contribution in [0.15, 0.2) is 36.4 Å². The molecule has 0 unspecified atom stereocenters. The van der Waals surface area contributed by atoms with Crippen molar-refractivity contribution in [2.24, 2.45) is 0 Å². The van der Waals surface area contributed by atoms with E-state index in [0.717, 1.165) is 25.2 Å². The number of carbonyl (C=O) groups excluding carboxylic acids is 1. The summed E-state index contributed by atoms with van der Waals surface area (Å²) in [5.74, 6) is -0.0676. The van der Waals surface area contributed by atoms with E-state index in [0.29, 0.717) is 35.7 Å². The molecule has 0 spiro atoms. The van der Waals surface area contributed by atoms with Gasteiger partial charge in [-0.3, -0.25) is 9.36 Å². The third-order valence-electron chi connectivity index (χ3n) is 5.96. The third-order valence-corrected chi connectivity index (χ3v) is 5.96. The van der Waals surface area contributed by atoms with Crippen LogP contribution in [0.3, 0.4) is 0 Å². The fraction of sp³-hybridized carbons (Fsp3) is 0.444. The Morgan fingerprint density at radius 3 is 2.24 bits per heavy atom. The number of aromatic nitrogens is 3. The molecule has 0 saturated heterocycles. The van der Waals surface area contributed by atoms with Crippen molar-refractivity contribution in [1.82, 2.24) is 29.9 Å². The van der Waals surface area contributed by atoms with Crippen LogP contribution in [0, 0.1) is 0 Å². The predicted molar refractivity (Wildman–Crippen MR) is 147 cm³/mol. The van der Waals surface area contributed by atoms with Gasteiger partial charge in [0.2, 0.25) is 5.82 Å². The molecule has 200 valence electrons. The molecule has 0 aliphatic carbocycles. The lowest BCUT2D eigenvalue weighted by Crippen LogP contribution is -2.33. The van der Waals surface area contributed by atoms with Crippen molar-refractivity contribution in [3.63, 3.8) is 0 Å². The number of benzene rings is 2. The second-order valence-electron chi connectivity index (χ2n) is 9.96. The molecule has 3 rings (SSSR count). The molecule has 0 saturated carbocycles. The van der Waals surface area contributed by atoms with Crippen molar-refractivity contribution < 1.29 is 15.0 Å². The monoisotopic (exact) mass is 509 g/mol. The number of anilines is 1. The summed E-state index contributed by atoms with van der Waals surface area (Å²) in [7, 11) is 7.97. The van der Waals surface area contributed by atoms with Crippen LogP contribution in [0.2, 0.25) is 0 Å². The Kier molecular flexibility index (Phi) is 9.48. The van der Waals surface area contributed by atoms with Gasteiger partial charge in [0.1, 0.15) is 11.5 Å². The molecule has 1 heterocycles. The number of phenolic OH excluding ortho intramolecular Hbond substituents is 2. The predicted octanol–water partition coefficient (Wildman–Crippen LogP) is 3.12. The molecule has 3 aromatic rings. The molecule has 0 fully saturated rings. The first-order valence-corrected chi connectivity index (χ1v) is 12.5. The topological polar surface area (TPSA) is 119 Å². The Labute approximate surface area is 218 Å². The van der Waals surface area contributed by atoms with Gasteiger partial charge in [-0.2, -0.15) is 0 Å². The van der Waals surface area contributed by atoms with Crippen molar-refractivity contribution in [2.75, 3.05) is 59.7 Å². The lowest BCUT2D eigenvalue weighted by atomic mass is 9.98. The zero-order valence-electron chi connectivity index (χ0n) is 22.6. The molecule has 4 N–H and O–H groups in total. The highest BCUT2D eigenvalue weighted by atomic mass is 16.3. The summed E-state index contributed by atoms with van der Waals surface area (Å²) in [6, 6.07) is 10.7. The highest BCUT2D eigenvalue weighted by Crippen LogP contribution is 2.38. The standard InChI is InChI=1S/C27H39N7O3/c1-18(2)21-16-22(24(36)17-23(21)35)25-30-31-26(27(37)29-13-15-33(5)6)34(25)20-10-8-19(9-11-20)28-12-7-14-32(3)4/h8-11,16-18,28,35-36H,7,12-15H2,1-6H3,(H,29,37). The molecule has 1 aromatic heterocycles. The smallest absolute Gasteiger partial charge is 0.289 e. The normalized spacial score (nSPS) is 11.5. The minimum atomic E-state index is -0.367. The van der Waals surface area contributed by atoms with Crippen LogP contribution >= 0.6 is 0 Å². The molecule has 2 aromatic carbocycles. The first-order chi connectivity index (χ1) is 17.6. The van der Waals surface area contributed by atoms with Gasteiger partial charge < -0.3 is 30.6 Å². The van der Waals surface area contributed by atoms with Crippen LogP contribution in [0.4, 0.5) is 5.69 Å². The molecule has 0 atom stereocenters. The first-order valence-electron chi connectivity index (χ1n) is 12.5. The Hall–Kier alpha value is -3.63. The van der Waals surface area contributed by atoms with Crippen molar-refractivity contribution >= 4 is 11.6 Å². The zero-order chi connectivity index (χ0) is 27.1. The van der Waals surface area contributed by atoms with E-state index in [1.807, 2.05) is 57.1 Å². The summed E-state index contributed by atoms with van der Waals surface area (Å²) in [6.45, 7) is 6.87. The third kappa shape index (κ3) is 7.21. The highest BCUT2D eigenvalue weighted by molar-refractivity contribution is 5.92. The number of amides is 1. The van der Waals surface area contributed by atoms with Gasteiger partial charge in [-0.05, 0) is 83.0 Å². The average molecular weight is 510 g/mol. The van der Waals surface area contributed by atoms with Crippen LogP contribution in [0.25, 0.3) is 17.1 Å². The molecule has 37 heavy (non-hydrogen) atoms. The molecule has 10 heteroatoms. The maximum absolute atomic E-state index is 13.1. The fourth-order valence-corrected chi connectivity index (χ4v) is 3.91. The quantitative estimate of drug-likeness (QED) is 0.275. The number of hydrogen-bond donors (Lipinski definition) is 4. The van der Waals surface area contributed by atoms with Gasteiger partial charge in [-0.1, -0.05) is 13.8 Å². The van der Waals surface area contributed by atoms with E-state index >= 15 is 0 Å². The van der Waals surface area contributed by atoms with Crippen LogP contribution in [-0.2, 0) is 0 Å². The summed E-state index contributed by atoms with van der Waals surface area (Å²) in [5, 5.41) is 35.8. The van der Waals surface area contributed by atoms with Crippen LogP contribution in [0.1, 0.15) is 42.4 Å². The highest BCUT2D eigenvalue weighted by Gasteiger charge is 2.24.